The van der Waals surface area contributed by atoms with Crippen molar-refractivity contribution < 1.29 is 28.7 Å². The normalized spacial score (nSPS) is 12.2. The predicted molar refractivity (Wildman–Crippen MR) is 242 cm³/mol. The molecule has 7 heterocycles. The zero-order valence-corrected chi connectivity index (χ0v) is 37.1. The summed E-state index contributed by atoms with van der Waals surface area (Å²) in [5.41, 5.74) is 8.03. The van der Waals surface area contributed by atoms with E-state index in [1.807, 2.05) is 82.3 Å². The Hall–Kier alpha value is -6.94. The van der Waals surface area contributed by atoms with E-state index < -0.39 is 11.2 Å². The SMILES string of the molecule is COc1cc2c(cc1-c1c(C)noc1C)[nH]c1nc(C(C)(C)O)nc(-c3ccnc4ccccc34)c12.COc1cc2c(cc1-c1c(C)noc1C)[nH]c1nc(C(C)(C)O)nc(Cl)c12. The first kappa shape index (κ1) is 41.4. The van der Waals surface area contributed by atoms with E-state index >= 15 is 0 Å². The van der Waals surface area contributed by atoms with Crippen molar-refractivity contribution in [2.75, 3.05) is 14.2 Å². The molecule has 10 aromatic rings. The molecular weight excluding hydrogens is 822 g/mol. The lowest BCUT2D eigenvalue weighted by Crippen LogP contribution is -2.20. The Morgan fingerprint density at radius 1 is 0.619 bits per heavy atom. The van der Waals surface area contributed by atoms with Gasteiger partial charge in [-0.1, -0.05) is 40.1 Å². The van der Waals surface area contributed by atoms with Crippen molar-refractivity contribution in [3.05, 3.63) is 101 Å². The van der Waals surface area contributed by atoms with Gasteiger partial charge in [0.1, 0.15) is 50.7 Å². The molecule has 3 aromatic carbocycles. The highest BCUT2D eigenvalue weighted by Gasteiger charge is 2.28. The van der Waals surface area contributed by atoms with E-state index in [9.17, 15) is 10.2 Å². The highest BCUT2D eigenvalue weighted by Crippen LogP contribution is 2.44. The first-order valence-corrected chi connectivity index (χ1v) is 20.5. The van der Waals surface area contributed by atoms with Crippen molar-refractivity contribution >= 4 is 66.4 Å². The average molecular weight is 866 g/mol. The summed E-state index contributed by atoms with van der Waals surface area (Å²) < 4.78 is 22.2. The van der Waals surface area contributed by atoms with Gasteiger partial charge in [0.2, 0.25) is 0 Å². The number of aliphatic hydroxyl groups is 2. The van der Waals surface area contributed by atoms with Crippen LogP contribution in [0.5, 0.6) is 11.5 Å². The minimum atomic E-state index is -1.23. The number of hydrogen-bond donors (Lipinski definition) is 4. The fraction of sp³-hybridized carbons (Fsp3) is 0.255. The van der Waals surface area contributed by atoms with Crippen molar-refractivity contribution in [2.45, 2.75) is 66.6 Å². The molecule has 10 rings (SSSR count). The van der Waals surface area contributed by atoms with Gasteiger partial charge in [-0.3, -0.25) is 4.98 Å². The highest BCUT2D eigenvalue weighted by molar-refractivity contribution is 6.36. The zero-order chi connectivity index (χ0) is 44.7. The smallest absolute Gasteiger partial charge is 0.163 e. The minimum absolute atomic E-state index is 0.254. The molecule has 15 nitrogen and oxygen atoms in total. The van der Waals surface area contributed by atoms with Crippen LogP contribution in [0.1, 0.15) is 62.3 Å². The molecule has 0 radical (unpaired) electrons. The van der Waals surface area contributed by atoms with Crippen LogP contribution in [-0.4, -0.2) is 69.6 Å². The molecule has 4 N–H and O–H groups in total. The van der Waals surface area contributed by atoms with E-state index in [2.05, 4.69) is 35.2 Å². The molecule has 7 aromatic heterocycles. The van der Waals surface area contributed by atoms with Crippen molar-refractivity contribution in [1.82, 2.24) is 45.2 Å². The second-order valence-corrected chi connectivity index (χ2v) is 16.9. The van der Waals surface area contributed by atoms with Gasteiger partial charge in [0.25, 0.3) is 0 Å². The van der Waals surface area contributed by atoms with E-state index in [-0.39, 0.29) is 11.0 Å². The number of para-hydroxylation sites is 1. The predicted octanol–water partition coefficient (Wildman–Crippen LogP) is 10.1. The quantitative estimate of drug-likeness (QED) is 0.110. The Morgan fingerprint density at radius 3 is 1.63 bits per heavy atom. The van der Waals surface area contributed by atoms with Crippen molar-refractivity contribution in [2.24, 2.45) is 0 Å². The number of pyridine rings is 1. The third-order valence-electron chi connectivity index (χ3n) is 11.1. The van der Waals surface area contributed by atoms with Gasteiger partial charge >= 0.3 is 0 Å². The molecule has 0 aliphatic heterocycles. The van der Waals surface area contributed by atoms with Gasteiger partial charge in [0.05, 0.1) is 58.7 Å². The van der Waals surface area contributed by atoms with Crippen LogP contribution in [0.2, 0.25) is 5.15 Å². The molecule has 0 bridgehead atoms. The van der Waals surface area contributed by atoms with Gasteiger partial charge in [-0.05, 0) is 91.8 Å². The number of aromatic nitrogens is 9. The van der Waals surface area contributed by atoms with E-state index in [0.717, 1.165) is 77.3 Å². The Labute approximate surface area is 365 Å². The molecule has 16 heteroatoms. The van der Waals surface area contributed by atoms with Gasteiger partial charge in [-0.15, -0.1) is 0 Å². The van der Waals surface area contributed by atoms with Crippen LogP contribution in [0.25, 0.3) is 88.3 Å². The summed E-state index contributed by atoms with van der Waals surface area (Å²) in [6, 6.07) is 17.8. The number of H-pyrrole nitrogens is 2. The number of methoxy groups -OCH3 is 2. The molecule has 0 atom stereocenters. The third-order valence-corrected chi connectivity index (χ3v) is 11.4. The highest BCUT2D eigenvalue weighted by atomic mass is 35.5. The van der Waals surface area contributed by atoms with E-state index in [1.165, 1.54) is 0 Å². The maximum absolute atomic E-state index is 10.8. The number of halogens is 1. The van der Waals surface area contributed by atoms with E-state index in [1.54, 1.807) is 48.1 Å². The summed E-state index contributed by atoms with van der Waals surface area (Å²) in [6.07, 6.45) is 1.78. The maximum Gasteiger partial charge on any atom is 0.163 e. The maximum atomic E-state index is 10.8. The summed E-state index contributed by atoms with van der Waals surface area (Å²) in [5, 5.41) is 33.7. The molecule has 0 saturated carbocycles. The number of nitrogens with one attached hydrogen (secondary N) is 2. The molecule has 0 amide bonds. The Balaban J connectivity index is 0.000000167. The number of benzene rings is 3. The molecule has 63 heavy (non-hydrogen) atoms. The Bertz CT molecular complexity index is 3380. The lowest BCUT2D eigenvalue weighted by Gasteiger charge is -2.17. The summed E-state index contributed by atoms with van der Waals surface area (Å²) >= 11 is 6.43. The number of aromatic amines is 2. The van der Waals surface area contributed by atoms with E-state index in [0.29, 0.717) is 51.2 Å². The second-order valence-electron chi connectivity index (χ2n) is 16.5. The monoisotopic (exact) mass is 865 g/mol. The first-order valence-electron chi connectivity index (χ1n) is 20.1. The Morgan fingerprint density at radius 2 is 1.13 bits per heavy atom. The first-order chi connectivity index (χ1) is 30.0. The molecule has 0 unspecified atom stereocenters. The van der Waals surface area contributed by atoms with Gasteiger partial charge in [-0.2, -0.15) is 0 Å². The van der Waals surface area contributed by atoms with Crippen LogP contribution in [0.3, 0.4) is 0 Å². The van der Waals surface area contributed by atoms with Crippen molar-refractivity contribution in [3.63, 3.8) is 0 Å². The van der Waals surface area contributed by atoms with Crippen molar-refractivity contribution in [3.8, 4) is 45.0 Å². The van der Waals surface area contributed by atoms with Crippen LogP contribution in [0.15, 0.2) is 69.8 Å². The van der Waals surface area contributed by atoms with Gasteiger partial charge < -0.3 is 38.7 Å². The summed E-state index contributed by atoms with van der Waals surface area (Å²) in [5.74, 6) is 3.37. The van der Waals surface area contributed by atoms with E-state index in [4.69, 9.17) is 40.1 Å². The number of nitrogens with zero attached hydrogens (tertiary/aromatic N) is 7. The third kappa shape index (κ3) is 7.07. The molecule has 0 aliphatic carbocycles. The number of fused-ring (bicyclic) bond motifs is 7. The van der Waals surface area contributed by atoms with Crippen LogP contribution in [-0.2, 0) is 11.2 Å². The van der Waals surface area contributed by atoms with Crippen molar-refractivity contribution in [1.29, 1.82) is 0 Å². The minimum Gasteiger partial charge on any atom is -0.496 e. The van der Waals surface area contributed by atoms with Crippen LogP contribution in [0, 0.1) is 27.7 Å². The fourth-order valence-corrected chi connectivity index (χ4v) is 8.38. The largest absolute Gasteiger partial charge is 0.496 e. The lowest BCUT2D eigenvalue weighted by atomic mass is 9.98. The van der Waals surface area contributed by atoms with Crippen LogP contribution in [0.4, 0.5) is 0 Å². The van der Waals surface area contributed by atoms with Gasteiger partial charge in [0, 0.05) is 50.1 Å². The fourth-order valence-electron chi connectivity index (χ4n) is 8.11. The number of aryl methyl sites for hydroxylation is 4. The topological polar surface area (TPSA) is 207 Å². The molecule has 0 aliphatic rings. The standard InChI is InChI=1S/C28H25N5O3.C19H19ClN4O3/c1-14-23(15(2)36-33-14)19-12-21-18(13-22(19)35-5)24-25(31-27(28(3,4)34)32-26(24)30-21)17-10-11-29-20-9-7-6-8-16(17)20;1-8-14(9(2)27-24-8)11-6-12-10(7-13(11)26-5)15-16(20)22-18(19(3,4)25)23-17(15)21-12/h6-13,34H,1-5H3,(H,30,31,32);6-7,25H,1-5H3,(H,21,22,23). The van der Waals surface area contributed by atoms with Gasteiger partial charge in [-0.25, -0.2) is 19.9 Å². The number of rotatable bonds is 7. The number of hydrogen-bond acceptors (Lipinski definition) is 13. The summed E-state index contributed by atoms with van der Waals surface area (Å²) in [6.45, 7) is 14.2. The average Bonchev–Trinajstić information content (AvgIpc) is 3.99. The lowest BCUT2D eigenvalue weighted by molar-refractivity contribution is 0.0687. The van der Waals surface area contributed by atoms with Crippen LogP contribution >= 0.6 is 11.6 Å². The zero-order valence-electron chi connectivity index (χ0n) is 36.3. The molecule has 320 valence electrons. The Kier molecular flexibility index (Phi) is 9.96. The summed E-state index contributed by atoms with van der Waals surface area (Å²) in [7, 11) is 3.26. The number of ether oxygens (including phenoxy) is 2. The second kappa shape index (κ2) is 15.1. The summed E-state index contributed by atoms with van der Waals surface area (Å²) in [4.78, 5) is 29.6. The molecule has 0 spiro atoms. The molecule has 0 saturated heterocycles. The molecule has 0 fully saturated rings. The van der Waals surface area contributed by atoms with Crippen LogP contribution < -0.4 is 9.47 Å². The molecular formula is C47H44ClN9O6. The van der Waals surface area contributed by atoms with Gasteiger partial charge in [0.15, 0.2) is 11.6 Å².